The van der Waals surface area contributed by atoms with Gasteiger partial charge < -0.3 is 10.6 Å². The second-order valence-corrected chi connectivity index (χ2v) is 5.17. The van der Waals surface area contributed by atoms with E-state index in [1.165, 1.54) is 12.2 Å². The highest BCUT2D eigenvalue weighted by atomic mass is 32.2. The van der Waals surface area contributed by atoms with Gasteiger partial charge in [-0.25, -0.2) is 0 Å². The molecule has 0 radical (unpaired) electrons. The lowest BCUT2D eigenvalue weighted by Crippen LogP contribution is -2.06. The highest BCUT2D eigenvalue weighted by Gasteiger charge is 2.18. The van der Waals surface area contributed by atoms with Gasteiger partial charge in [-0.2, -0.15) is 11.8 Å². The molecule has 0 amide bonds. The topological polar surface area (TPSA) is 67.2 Å². The number of nitro groups is 1. The Morgan fingerprint density at radius 1 is 1.26 bits per heavy atom. The molecule has 5 nitrogen and oxygen atoms in total. The van der Waals surface area contributed by atoms with E-state index in [4.69, 9.17) is 0 Å². The number of para-hydroxylation sites is 1. The molecule has 0 spiro atoms. The second-order valence-electron chi connectivity index (χ2n) is 4.19. The molecule has 0 saturated heterocycles. The van der Waals surface area contributed by atoms with Gasteiger partial charge in [0.05, 0.1) is 4.92 Å². The molecule has 0 atom stereocenters. The van der Waals surface area contributed by atoms with Crippen molar-refractivity contribution in [2.75, 3.05) is 36.2 Å². The SMILES string of the molecule is CNc1cccc(NCCCCCSC)c1[N+](=O)[O-]. The summed E-state index contributed by atoms with van der Waals surface area (Å²) in [5, 5.41) is 17.1. The molecule has 0 saturated carbocycles. The summed E-state index contributed by atoms with van der Waals surface area (Å²) >= 11 is 1.85. The summed E-state index contributed by atoms with van der Waals surface area (Å²) in [6.07, 6.45) is 5.47. The maximum atomic E-state index is 11.1. The van der Waals surface area contributed by atoms with Crippen LogP contribution < -0.4 is 10.6 Å². The summed E-state index contributed by atoms with van der Waals surface area (Å²) in [5.74, 6) is 1.18. The summed E-state index contributed by atoms with van der Waals surface area (Å²) in [7, 11) is 1.69. The fourth-order valence-corrected chi connectivity index (χ4v) is 2.35. The zero-order chi connectivity index (χ0) is 14.1. The van der Waals surface area contributed by atoms with Gasteiger partial charge in [-0.1, -0.05) is 12.5 Å². The molecule has 0 fully saturated rings. The molecule has 0 aliphatic carbocycles. The molecule has 0 aliphatic rings. The number of nitrogens with zero attached hydrogens (tertiary/aromatic N) is 1. The molecule has 0 bridgehead atoms. The molecule has 0 unspecified atom stereocenters. The van der Waals surface area contributed by atoms with Crippen LogP contribution in [0.5, 0.6) is 0 Å². The van der Waals surface area contributed by atoms with Crippen LogP contribution >= 0.6 is 11.8 Å². The standard InChI is InChI=1S/C13H21N3O2S/c1-14-11-7-6-8-12(13(11)16(17)18)15-9-4-3-5-10-19-2/h6-8,14-15H,3-5,9-10H2,1-2H3. The molecule has 6 heteroatoms. The molecule has 2 N–H and O–H groups in total. The van der Waals surface area contributed by atoms with Crippen LogP contribution in [0.4, 0.5) is 17.1 Å². The molecule has 1 aromatic rings. The summed E-state index contributed by atoms with van der Waals surface area (Å²) < 4.78 is 0. The van der Waals surface area contributed by atoms with E-state index in [9.17, 15) is 10.1 Å². The van der Waals surface area contributed by atoms with Crippen molar-refractivity contribution in [1.29, 1.82) is 0 Å². The van der Waals surface area contributed by atoms with Gasteiger partial charge in [-0.3, -0.25) is 10.1 Å². The van der Waals surface area contributed by atoms with Gasteiger partial charge in [0.15, 0.2) is 0 Å². The largest absolute Gasteiger partial charge is 0.382 e. The minimum Gasteiger partial charge on any atom is -0.382 e. The van der Waals surface area contributed by atoms with Crippen LogP contribution in [0.25, 0.3) is 0 Å². The highest BCUT2D eigenvalue weighted by Crippen LogP contribution is 2.32. The minimum atomic E-state index is -0.345. The van der Waals surface area contributed by atoms with Gasteiger partial charge >= 0.3 is 5.69 Å². The van der Waals surface area contributed by atoms with Crippen molar-refractivity contribution in [3.8, 4) is 0 Å². The number of hydrogen-bond donors (Lipinski definition) is 2. The van der Waals surface area contributed by atoms with Crippen molar-refractivity contribution in [2.24, 2.45) is 0 Å². The average Bonchev–Trinajstić information content (AvgIpc) is 2.42. The summed E-state index contributed by atoms with van der Waals surface area (Å²) in [6.45, 7) is 0.766. The second kappa shape index (κ2) is 8.63. The Morgan fingerprint density at radius 2 is 2.00 bits per heavy atom. The number of unbranched alkanes of at least 4 members (excludes halogenated alkanes) is 2. The van der Waals surface area contributed by atoms with E-state index in [0.717, 1.165) is 19.4 Å². The number of nitro benzene ring substituents is 1. The van der Waals surface area contributed by atoms with Gasteiger partial charge in [-0.15, -0.1) is 0 Å². The van der Waals surface area contributed by atoms with Crippen molar-refractivity contribution < 1.29 is 4.92 Å². The van der Waals surface area contributed by atoms with Gasteiger partial charge in [0, 0.05) is 13.6 Å². The first-order valence-corrected chi connectivity index (χ1v) is 7.78. The van der Waals surface area contributed by atoms with E-state index in [1.807, 2.05) is 17.8 Å². The number of rotatable bonds is 9. The van der Waals surface area contributed by atoms with Crippen LogP contribution in [0, 0.1) is 10.1 Å². The van der Waals surface area contributed by atoms with Crippen molar-refractivity contribution >= 4 is 28.8 Å². The van der Waals surface area contributed by atoms with Crippen LogP contribution in [0.15, 0.2) is 18.2 Å². The lowest BCUT2D eigenvalue weighted by atomic mass is 10.2. The number of thioether (sulfide) groups is 1. The van der Waals surface area contributed by atoms with Crippen LogP contribution in [0.3, 0.4) is 0 Å². The summed E-state index contributed by atoms with van der Waals surface area (Å²) in [4.78, 5) is 10.8. The zero-order valence-electron chi connectivity index (χ0n) is 11.4. The first kappa shape index (κ1) is 15.6. The van der Waals surface area contributed by atoms with E-state index in [0.29, 0.717) is 11.4 Å². The fraction of sp³-hybridized carbons (Fsp3) is 0.538. The first-order chi connectivity index (χ1) is 9.20. The molecular formula is C13H21N3O2S. The number of nitrogens with one attached hydrogen (secondary N) is 2. The Labute approximate surface area is 118 Å². The van der Waals surface area contributed by atoms with Gasteiger partial charge in [-0.05, 0) is 37.0 Å². The maximum Gasteiger partial charge on any atom is 0.315 e. The van der Waals surface area contributed by atoms with Crippen molar-refractivity contribution in [1.82, 2.24) is 0 Å². The van der Waals surface area contributed by atoms with Gasteiger partial charge in [0.1, 0.15) is 11.4 Å². The smallest absolute Gasteiger partial charge is 0.315 e. The van der Waals surface area contributed by atoms with E-state index < -0.39 is 0 Å². The van der Waals surface area contributed by atoms with E-state index in [1.54, 1.807) is 19.2 Å². The lowest BCUT2D eigenvalue weighted by Gasteiger charge is -2.09. The average molecular weight is 283 g/mol. The Morgan fingerprint density at radius 3 is 2.63 bits per heavy atom. The van der Waals surface area contributed by atoms with E-state index in [2.05, 4.69) is 16.9 Å². The zero-order valence-corrected chi connectivity index (χ0v) is 12.3. The molecular weight excluding hydrogens is 262 g/mol. The Kier molecular flexibility index (Phi) is 7.10. The van der Waals surface area contributed by atoms with E-state index >= 15 is 0 Å². The van der Waals surface area contributed by atoms with Crippen molar-refractivity contribution in [3.05, 3.63) is 28.3 Å². The quantitative estimate of drug-likeness (QED) is 0.412. The Bertz CT molecular complexity index is 413. The molecule has 106 valence electrons. The molecule has 0 heterocycles. The van der Waals surface area contributed by atoms with Crippen molar-refractivity contribution in [2.45, 2.75) is 19.3 Å². The van der Waals surface area contributed by atoms with Crippen molar-refractivity contribution in [3.63, 3.8) is 0 Å². The predicted octanol–water partition coefficient (Wildman–Crippen LogP) is 3.58. The Balaban J connectivity index is 2.55. The fourth-order valence-electron chi connectivity index (χ4n) is 1.86. The molecule has 0 aromatic heterocycles. The van der Waals surface area contributed by atoms with Crippen LogP contribution in [0.2, 0.25) is 0 Å². The minimum absolute atomic E-state index is 0.120. The van der Waals surface area contributed by atoms with Gasteiger partial charge in [0.2, 0.25) is 0 Å². The highest BCUT2D eigenvalue weighted by molar-refractivity contribution is 7.98. The normalized spacial score (nSPS) is 10.2. The van der Waals surface area contributed by atoms with Crippen LogP contribution in [0.1, 0.15) is 19.3 Å². The number of anilines is 2. The molecule has 1 aromatic carbocycles. The lowest BCUT2D eigenvalue weighted by molar-refractivity contribution is -0.383. The molecule has 1 rings (SSSR count). The monoisotopic (exact) mass is 283 g/mol. The van der Waals surface area contributed by atoms with Gasteiger partial charge in [0.25, 0.3) is 0 Å². The third-order valence-electron chi connectivity index (χ3n) is 2.83. The maximum absolute atomic E-state index is 11.1. The number of hydrogen-bond acceptors (Lipinski definition) is 5. The van der Waals surface area contributed by atoms with E-state index in [-0.39, 0.29) is 10.6 Å². The third-order valence-corrected chi connectivity index (χ3v) is 3.53. The summed E-state index contributed by atoms with van der Waals surface area (Å²) in [6, 6.07) is 5.28. The molecule has 19 heavy (non-hydrogen) atoms. The molecule has 0 aliphatic heterocycles. The number of benzene rings is 1. The van der Waals surface area contributed by atoms with Crippen LogP contribution in [-0.4, -0.2) is 30.5 Å². The van der Waals surface area contributed by atoms with Crippen LogP contribution in [-0.2, 0) is 0 Å². The predicted molar refractivity (Wildman–Crippen MR) is 83.4 cm³/mol. The first-order valence-electron chi connectivity index (χ1n) is 6.38. The Hall–Kier alpha value is -1.43. The third kappa shape index (κ3) is 4.98. The summed E-state index contributed by atoms with van der Waals surface area (Å²) in [5.41, 5.74) is 1.24.